The van der Waals surface area contributed by atoms with Crippen LogP contribution in [-0.2, 0) is 14.0 Å². The molecule has 10 heteroatoms. The third kappa shape index (κ3) is 2.60. The molecule has 26 heavy (non-hydrogen) atoms. The minimum Gasteiger partial charge on any atom is -0.344 e. The van der Waals surface area contributed by atoms with E-state index in [9.17, 15) is 4.57 Å². The quantitative estimate of drug-likeness (QED) is 0.424. The average molecular weight is 417 g/mol. The Bertz CT molecular complexity index is 892. The summed E-state index contributed by atoms with van der Waals surface area (Å²) in [4.78, 5) is 12.7. The van der Waals surface area contributed by atoms with Gasteiger partial charge in [-0.1, -0.05) is 25.4 Å². The molecule has 1 aliphatic heterocycles. The Kier molecular flexibility index (Phi) is 4.33. The van der Waals surface area contributed by atoms with Crippen molar-refractivity contribution in [2.24, 2.45) is 11.3 Å². The normalized spacial score (nSPS) is 36.1. The Morgan fingerprint density at radius 1 is 1.27 bits per heavy atom. The molecule has 140 valence electrons. The summed E-state index contributed by atoms with van der Waals surface area (Å²) in [6.07, 6.45) is 1.75. The van der Waals surface area contributed by atoms with E-state index < -0.39 is 5.79 Å². The van der Waals surface area contributed by atoms with Gasteiger partial charge in [0.15, 0.2) is 25.0 Å². The van der Waals surface area contributed by atoms with Crippen molar-refractivity contribution in [2.45, 2.75) is 51.7 Å². The lowest BCUT2D eigenvalue weighted by atomic mass is 9.80. The van der Waals surface area contributed by atoms with E-state index in [-0.39, 0.29) is 48.5 Å². The number of fused-ring (bicyclic) bond motifs is 2. The number of nitrogens with zero attached hydrogens (tertiary/aromatic N) is 4. The van der Waals surface area contributed by atoms with Crippen LogP contribution in [0.25, 0.3) is 11.2 Å². The third-order valence-electron chi connectivity index (χ3n) is 5.75. The van der Waals surface area contributed by atoms with Crippen LogP contribution in [0.2, 0.25) is 10.4 Å². The fourth-order valence-electron chi connectivity index (χ4n) is 4.33. The zero-order valence-electron chi connectivity index (χ0n) is 14.8. The first-order valence-electron chi connectivity index (χ1n) is 8.38. The van der Waals surface area contributed by atoms with Gasteiger partial charge in [-0.15, -0.1) is 0 Å². The molecular formula is C16H19Cl2N4O3P. The zero-order chi connectivity index (χ0) is 18.9. The largest absolute Gasteiger partial charge is 0.344 e. The van der Waals surface area contributed by atoms with Gasteiger partial charge in [0.25, 0.3) is 0 Å². The predicted octanol–water partition coefficient (Wildman–Crippen LogP) is 4.14. The van der Waals surface area contributed by atoms with E-state index in [1.54, 1.807) is 6.33 Å². The summed E-state index contributed by atoms with van der Waals surface area (Å²) in [6.45, 7) is 8.00. The van der Waals surface area contributed by atoms with E-state index in [1.807, 2.05) is 18.4 Å². The van der Waals surface area contributed by atoms with Crippen molar-refractivity contribution in [1.82, 2.24) is 19.5 Å². The molecule has 1 saturated carbocycles. The molecule has 2 aromatic heterocycles. The Balaban J connectivity index is 1.87. The van der Waals surface area contributed by atoms with E-state index in [2.05, 4.69) is 28.8 Å². The summed E-state index contributed by atoms with van der Waals surface area (Å²) in [5.74, 6) is -0.616. The number of hydrogen-bond acceptors (Lipinski definition) is 6. The van der Waals surface area contributed by atoms with Gasteiger partial charge in [0.05, 0.1) is 18.5 Å². The summed E-state index contributed by atoms with van der Waals surface area (Å²) >= 11 is 12.2. The molecule has 4 rings (SSSR count). The van der Waals surface area contributed by atoms with Crippen LogP contribution in [0.3, 0.4) is 0 Å². The number of aromatic nitrogens is 4. The lowest BCUT2D eigenvalue weighted by Crippen LogP contribution is -2.38. The number of hydrogen-bond donors (Lipinski definition) is 0. The van der Waals surface area contributed by atoms with Crippen molar-refractivity contribution in [1.29, 1.82) is 0 Å². The number of imidazole rings is 1. The Hall–Kier alpha value is -0.850. The van der Waals surface area contributed by atoms with Gasteiger partial charge in [0.1, 0.15) is 11.6 Å². The SMILES string of the molecule is C[C@@H]1[C@@H](n2cnc3c(Cl)nc(Cl)nc32)[C@H]2OC(C)(C)OC2[C@@]1(C)CP=O. The van der Waals surface area contributed by atoms with Crippen LogP contribution in [-0.4, -0.2) is 43.7 Å². The Morgan fingerprint density at radius 2 is 2.00 bits per heavy atom. The maximum atomic E-state index is 11.5. The van der Waals surface area contributed by atoms with Gasteiger partial charge in [-0.05, 0) is 31.4 Å². The van der Waals surface area contributed by atoms with Crippen molar-refractivity contribution in [2.75, 3.05) is 6.16 Å². The van der Waals surface area contributed by atoms with Gasteiger partial charge in [0, 0.05) is 11.6 Å². The van der Waals surface area contributed by atoms with Crippen LogP contribution in [0.15, 0.2) is 6.33 Å². The molecule has 0 radical (unpaired) electrons. The standard InChI is InChI=1S/C16H19Cl2N4O3P/c1-7-9(22-6-19-8-12(17)20-14(18)21-13(8)22)10-11(16(7,4)5-26-23)25-15(2,3)24-10/h6-7,9-11H,5H2,1-4H3/t7-,9-,10-,11?,16+/m1/s1. The lowest BCUT2D eigenvalue weighted by molar-refractivity contribution is -0.172. The van der Waals surface area contributed by atoms with Crippen molar-refractivity contribution in [3.05, 3.63) is 16.8 Å². The van der Waals surface area contributed by atoms with Gasteiger partial charge >= 0.3 is 0 Å². The van der Waals surface area contributed by atoms with E-state index >= 15 is 0 Å². The molecule has 2 fully saturated rings. The van der Waals surface area contributed by atoms with Crippen molar-refractivity contribution >= 4 is 42.8 Å². The molecule has 7 nitrogen and oxygen atoms in total. The third-order valence-corrected chi connectivity index (χ3v) is 6.99. The molecule has 0 N–H and O–H groups in total. The van der Waals surface area contributed by atoms with Crippen LogP contribution in [0.5, 0.6) is 0 Å². The lowest BCUT2D eigenvalue weighted by Gasteiger charge is -2.35. The maximum Gasteiger partial charge on any atom is 0.225 e. The van der Waals surface area contributed by atoms with Crippen LogP contribution in [0, 0.1) is 11.3 Å². The first kappa shape index (κ1) is 18.5. The highest BCUT2D eigenvalue weighted by Crippen LogP contribution is 2.57. The van der Waals surface area contributed by atoms with Crippen LogP contribution in [0.4, 0.5) is 0 Å². The van der Waals surface area contributed by atoms with Crippen molar-refractivity contribution in [3.63, 3.8) is 0 Å². The van der Waals surface area contributed by atoms with Gasteiger partial charge in [-0.2, -0.15) is 4.98 Å². The van der Waals surface area contributed by atoms with E-state index in [1.165, 1.54) is 0 Å². The molecule has 1 unspecified atom stereocenters. The molecule has 0 spiro atoms. The van der Waals surface area contributed by atoms with Crippen molar-refractivity contribution in [3.8, 4) is 0 Å². The molecule has 1 saturated heterocycles. The van der Waals surface area contributed by atoms with Crippen LogP contribution >= 0.6 is 31.7 Å². The maximum absolute atomic E-state index is 11.5. The molecule has 3 heterocycles. The van der Waals surface area contributed by atoms with Gasteiger partial charge in [0.2, 0.25) is 5.28 Å². The highest BCUT2D eigenvalue weighted by Gasteiger charge is 2.63. The molecule has 0 aromatic carbocycles. The summed E-state index contributed by atoms with van der Waals surface area (Å²) in [6, 6.07) is -0.111. The minimum atomic E-state index is -0.713. The Morgan fingerprint density at radius 3 is 2.69 bits per heavy atom. The number of ether oxygens (including phenoxy) is 2. The minimum absolute atomic E-state index is 0.0659. The monoisotopic (exact) mass is 416 g/mol. The Labute approximate surface area is 162 Å². The average Bonchev–Trinajstić information content (AvgIpc) is 3.14. The molecule has 2 aliphatic rings. The molecule has 0 amide bonds. The van der Waals surface area contributed by atoms with Gasteiger partial charge < -0.3 is 14.0 Å². The molecular weight excluding hydrogens is 398 g/mol. The summed E-state index contributed by atoms with van der Waals surface area (Å²) < 4.78 is 25.9. The molecule has 0 bridgehead atoms. The second kappa shape index (κ2) is 6.08. The fourth-order valence-corrected chi connectivity index (χ4v) is 5.50. The summed E-state index contributed by atoms with van der Waals surface area (Å²) in [7, 11) is 0.0856. The van der Waals surface area contributed by atoms with Crippen molar-refractivity contribution < 1.29 is 14.0 Å². The molecule has 1 aliphatic carbocycles. The summed E-state index contributed by atoms with van der Waals surface area (Å²) in [5.41, 5.74) is 0.722. The van der Waals surface area contributed by atoms with Crippen LogP contribution < -0.4 is 0 Å². The fraction of sp³-hybridized carbons (Fsp3) is 0.688. The number of halogens is 2. The second-order valence-corrected chi connectivity index (χ2v) is 8.97. The molecule has 2 aromatic rings. The highest BCUT2D eigenvalue weighted by atomic mass is 35.5. The number of rotatable bonds is 3. The summed E-state index contributed by atoms with van der Waals surface area (Å²) in [5, 5.41) is 0.280. The van der Waals surface area contributed by atoms with E-state index in [0.29, 0.717) is 17.3 Å². The topological polar surface area (TPSA) is 79.1 Å². The first-order chi connectivity index (χ1) is 12.2. The predicted molar refractivity (Wildman–Crippen MR) is 97.9 cm³/mol. The van der Waals surface area contributed by atoms with E-state index in [4.69, 9.17) is 32.7 Å². The van der Waals surface area contributed by atoms with Gasteiger partial charge in [-0.25, -0.2) is 9.97 Å². The second-order valence-electron chi connectivity index (χ2n) is 7.70. The molecule has 5 atom stereocenters. The van der Waals surface area contributed by atoms with E-state index in [0.717, 1.165) is 0 Å². The first-order valence-corrected chi connectivity index (χ1v) is 10.1. The zero-order valence-corrected chi connectivity index (χ0v) is 17.2. The smallest absolute Gasteiger partial charge is 0.225 e. The van der Waals surface area contributed by atoms with Gasteiger partial charge in [-0.3, -0.25) is 4.57 Å². The highest BCUT2D eigenvalue weighted by molar-refractivity contribution is 7.23. The van der Waals surface area contributed by atoms with Crippen LogP contribution in [0.1, 0.15) is 33.7 Å².